The van der Waals surface area contributed by atoms with Gasteiger partial charge >= 0.3 is 0 Å². The highest BCUT2D eigenvalue weighted by Crippen LogP contribution is 2.31. The number of aryl methyl sites for hydroxylation is 1. The van der Waals surface area contributed by atoms with Gasteiger partial charge < -0.3 is 5.32 Å². The molecule has 20 heavy (non-hydrogen) atoms. The topological polar surface area (TPSA) is 24.4 Å². The normalized spacial score (nSPS) is 19.0. The molecule has 0 saturated heterocycles. The Labute approximate surface area is 127 Å². The zero-order valence-electron chi connectivity index (χ0n) is 13.1. The first kappa shape index (κ1) is 15.4. The van der Waals surface area contributed by atoms with Gasteiger partial charge in [-0.15, -0.1) is 0 Å². The van der Waals surface area contributed by atoms with Crippen LogP contribution in [0.2, 0.25) is 0 Å². The zero-order chi connectivity index (χ0) is 14.6. The van der Waals surface area contributed by atoms with E-state index in [2.05, 4.69) is 62.3 Å². The number of nitrogens with zero attached hydrogens (tertiary/aromatic N) is 1. The van der Waals surface area contributed by atoms with Crippen molar-refractivity contribution < 1.29 is 0 Å². The molecular formula is C17H26N2S. The Hall–Kier alpha value is -0.960. The second-order valence-corrected chi connectivity index (χ2v) is 8.04. The molecular weight excluding hydrogens is 264 g/mol. The van der Waals surface area contributed by atoms with Crippen LogP contribution in [0.4, 0.5) is 0 Å². The highest BCUT2D eigenvalue weighted by molar-refractivity contribution is 8.14. The quantitative estimate of drug-likeness (QED) is 0.905. The SMILES string of the molecule is Cc1ccccc1CCNC1=NCC(CC(C)(C)C)S1. The molecule has 1 heterocycles. The third-order valence-electron chi connectivity index (χ3n) is 3.49. The Morgan fingerprint density at radius 3 is 2.75 bits per heavy atom. The van der Waals surface area contributed by atoms with Crippen LogP contribution in [0.25, 0.3) is 0 Å². The van der Waals surface area contributed by atoms with Gasteiger partial charge in [0.15, 0.2) is 5.17 Å². The summed E-state index contributed by atoms with van der Waals surface area (Å²) < 4.78 is 0. The number of rotatable bonds is 4. The van der Waals surface area contributed by atoms with E-state index in [-0.39, 0.29) is 0 Å². The molecule has 0 amide bonds. The minimum absolute atomic E-state index is 0.393. The average Bonchev–Trinajstić information content (AvgIpc) is 2.77. The van der Waals surface area contributed by atoms with Gasteiger partial charge in [0.05, 0.1) is 6.54 Å². The summed E-state index contributed by atoms with van der Waals surface area (Å²) in [6.45, 7) is 11.0. The van der Waals surface area contributed by atoms with Crippen LogP contribution < -0.4 is 5.32 Å². The van der Waals surface area contributed by atoms with Crippen molar-refractivity contribution in [1.29, 1.82) is 0 Å². The summed E-state index contributed by atoms with van der Waals surface area (Å²) in [5.74, 6) is 0. The largest absolute Gasteiger partial charge is 0.365 e. The van der Waals surface area contributed by atoms with Crippen LogP contribution >= 0.6 is 11.8 Å². The standard InChI is InChI=1S/C17H26N2S/c1-13-7-5-6-8-14(13)9-10-18-16-19-12-15(20-16)11-17(2,3)4/h5-8,15H,9-12H2,1-4H3,(H,18,19). The Bertz CT molecular complexity index is 474. The highest BCUT2D eigenvalue weighted by Gasteiger charge is 2.24. The van der Waals surface area contributed by atoms with Crippen molar-refractivity contribution in [3.05, 3.63) is 35.4 Å². The summed E-state index contributed by atoms with van der Waals surface area (Å²) in [5.41, 5.74) is 3.19. The Kier molecular flexibility index (Phi) is 5.14. The summed E-state index contributed by atoms with van der Waals surface area (Å²) in [6.07, 6.45) is 2.29. The lowest BCUT2D eigenvalue weighted by atomic mass is 9.90. The Morgan fingerprint density at radius 2 is 2.05 bits per heavy atom. The summed E-state index contributed by atoms with van der Waals surface area (Å²) in [7, 11) is 0. The molecule has 1 aliphatic heterocycles. The molecule has 1 atom stereocenters. The summed E-state index contributed by atoms with van der Waals surface area (Å²) in [5, 5.41) is 5.27. The molecule has 1 aromatic carbocycles. The molecule has 2 rings (SSSR count). The summed E-state index contributed by atoms with van der Waals surface area (Å²) in [6, 6.07) is 8.60. The van der Waals surface area contributed by atoms with Crippen LogP contribution in [0, 0.1) is 12.3 Å². The first-order valence-electron chi connectivity index (χ1n) is 7.43. The number of thioether (sulfide) groups is 1. The predicted molar refractivity (Wildman–Crippen MR) is 90.6 cm³/mol. The molecule has 0 aromatic heterocycles. The Balaban J connectivity index is 1.72. The van der Waals surface area contributed by atoms with Crippen molar-refractivity contribution in [3.8, 4) is 0 Å². The van der Waals surface area contributed by atoms with Crippen molar-refractivity contribution in [3.63, 3.8) is 0 Å². The van der Waals surface area contributed by atoms with E-state index in [0.29, 0.717) is 10.7 Å². The fraction of sp³-hybridized carbons (Fsp3) is 0.588. The molecule has 3 heteroatoms. The van der Waals surface area contributed by atoms with Gasteiger partial charge in [-0.1, -0.05) is 56.8 Å². The van der Waals surface area contributed by atoms with Crippen molar-refractivity contribution in [1.82, 2.24) is 5.32 Å². The van der Waals surface area contributed by atoms with Crippen LogP contribution in [0.15, 0.2) is 29.3 Å². The molecule has 0 fully saturated rings. The summed E-state index contributed by atoms with van der Waals surface area (Å²) in [4.78, 5) is 4.62. The van der Waals surface area contributed by atoms with Gasteiger partial charge in [0.25, 0.3) is 0 Å². The maximum atomic E-state index is 4.62. The van der Waals surface area contributed by atoms with Gasteiger partial charge in [0.1, 0.15) is 0 Å². The molecule has 1 unspecified atom stereocenters. The molecule has 0 bridgehead atoms. The fourth-order valence-corrected chi connectivity index (χ4v) is 3.88. The van der Waals surface area contributed by atoms with Crippen LogP contribution in [-0.2, 0) is 6.42 Å². The van der Waals surface area contributed by atoms with E-state index in [9.17, 15) is 0 Å². The minimum atomic E-state index is 0.393. The number of nitrogens with one attached hydrogen (secondary N) is 1. The van der Waals surface area contributed by atoms with E-state index in [1.165, 1.54) is 17.5 Å². The first-order valence-corrected chi connectivity index (χ1v) is 8.31. The highest BCUT2D eigenvalue weighted by atomic mass is 32.2. The van der Waals surface area contributed by atoms with Crippen LogP contribution in [0.3, 0.4) is 0 Å². The second kappa shape index (κ2) is 6.66. The smallest absolute Gasteiger partial charge is 0.156 e. The van der Waals surface area contributed by atoms with Crippen LogP contribution in [0.5, 0.6) is 0 Å². The molecule has 2 nitrogen and oxygen atoms in total. The lowest BCUT2D eigenvalue weighted by Crippen LogP contribution is -2.23. The van der Waals surface area contributed by atoms with Crippen molar-refractivity contribution in [2.45, 2.75) is 45.8 Å². The van der Waals surface area contributed by atoms with Gasteiger partial charge in [0.2, 0.25) is 0 Å². The van der Waals surface area contributed by atoms with Crippen LogP contribution in [-0.4, -0.2) is 23.5 Å². The minimum Gasteiger partial charge on any atom is -0.365 e. The lowest BCUT2D eigenvalue weighted by Gasteiger charge is -2.21. The fourth-order valence-electron chi connectivity index (χ4n) is 2.50. The molecule has 1 aromatic rings. The van der Waals surface area contributed by atoms with Gasteiger partial charge in [-0.05, 0) is 36.3 Å². The number of benzene rings is 1. The van der Waals surface area contributed by atoms with E-state index in [1.807, 2.05) is 11.8 Å². The molecule has 1 N–H and O–H groups in total. The maximum Gasteiger partial charge on any atom is 0.156 e. The number of amidine groups is 1. The average molecular weight is 290 g/mol. The molecule has 0 aliphatic carbocycles. The monoisotopic (exact) mass is 290 g/mol. The summed E-state index contributed by atoms with van der Waals surface area (Å²) >= 11 is 1.92. The number of hydrogen-bond acceptors (Lipinski definition) is 3. The Morgan fingerprint density at radius 1 is 1.30 bits per heavy atom. The third kappa shape index (κ3) is 4.86. The molecule has 1 aliphatic rings. The van der Waals surface area contributed by atoms with Gasteiger partial charge in [-0.25, -0.2) is 0 Å². The van der Waals surface area contributed by atoms with Crippen molar-refractivity contribution in [2.24, 2.45) is 10.4 Å². The number of hydrogen-bond donors (Lipinski definition) is 1. The lowest BCUT2D eigenvalue weighted by molar-refractivity contribution is 0.375. The van der Waals surface area contributed by atoms with Gasteiger partial charge in [0, 0.05) is 11.8 Å². The van der Waals surface area contributed by atoms with Gasteiger partial charge in [-0.3, -0.25) is 4.99 Å². The van der Waals surface area contributed by atoms with E-state index < -0.39 is 0 Å². The first-order chi connectivity index (χ1) is 9.44. The van der Waals surface area contributed by atoms with E-state index in [0.717, 1.165) is 24.7 Å². The predicted octanol–water partition coefficient (Wildman–Crippen LogP) is 4.03. The molecule has 0 saturated carbocycles. The molecule has 0 spiro atoms. The van der Waals surface area contributed by atoms with Crippen molar-refractivity contribution in [2.75, 3.05) is 13.1 Å². The van der Waals surface area contributed by atoms with E-state index in [1.54, 1.807) is 0 Å². The molecule has 0 radical (unpaired) electrons. The van der Waals surface area contributed by atoms with E-state index in [4.69, 9.17) is 0 Å². The van der Waals surface area contributed by atoms with Crippen LogP contribution in [0.1, 0.15) is 38.3 Å². The number of aliphatic imine (C=N–C) groups is 1. The maximum absolute atomic E-state index is 4.62. The van der Waals surface area contributed by atoms with Crippen molar-refractivity contribution >= 4 is 16.9 Å². The zero-order valence-corrected chi connectivity index (χ0v) is 13.9. The van der Waals surface area contributed by atoms with Gasteiger partial charge in [-0.2, -0.15) is 0 Å². The third-order valence-corrected chi connectivity index (χ3v) is 4.63. The van der Waals surface area contributed by atoms with E-state index >= 15 is 0 Å². The second-order valence-electron chi connectivity index (χ2n) is 6.75. The molecule has 110 valence electrons.